The van der Waals surface area contributed by atoms with E-state index in [0.29, 0.717) is 12.8 Å². The summed E-state index contributed by atoms with van der Waals surface area (Å²) in [6.45, 7) is 2.00. The van der Waals surface area contributed by atoms with E-state index in [1.165, 1.54) is 0 Å². The van der Waals surface area contributed by atoms with Crippen molar-refractivity contribution < 1.29 is 4.79 Å². The summed E-state index contributed by atoms with van der Waals surface area (Å²) >= 11 is 0. The van der Waals surface area contributed by atoms with Gasteiger partial charge in [-0.15, -0.1) is 0 Å². The van der Waals surface area contributed by atoms with Crippen LogP contribution in [0.5, 0.6) is 0 Å². The predicted octanol–water partition coefficient (Wildman–Crippen LogP) is 3.95. The van der Waals surface area contributed by atoms with E-state index in [1.54, 1.807) is 12.4 Å². The molecule has 0 aliphatic carbocycles. The molecule has 2 aromatic heterocycles. The predicted molar refractivity (Wildman–Crippen MR) is 98.8 cm³/mol. The van der Waals surface area contributed by atoms with Crippen molar-refractivity contribution in [3.05, 3.63) is 84.4 Å². The van der Waals surface area contributed by atoms with Crippen LogP contribution >= 0.6 is 0 Å². The molecule has 4 nitrogen and oxygen atoms in total. The Morgan fingerprint density at radius 1 is 1.00 bits per heavy atom. The number of pyridine rings is 2. The number of nitrogens with one attached hydrogen (secondary N) is 1. The van der Waals surface area contributed by atoms with Gasteiger partial charge in [0.15, 0.2) is 0 Å². The number of aryl methyl sites for hydroxylation is 1. The van der Waals surface area contributed by atoms with E-state index in [9.17, 15) is 4.79 Å². The second-order valence-corrected chi connectivity index (χ2v) is 5.97. The summed E-state index contributed by atoms with van der Waals surface area (Å²) in [4.78, 5) is 20.5. The maximum Gasteiger partial charge on any atom is 0.220 e. The molecule has 0 fully saturated rings. The van der Waals surface area contributed by atoms with Crippen molar-refractivity contribution in [2.45, 2.75) is 25.8 Å². The van der Waals surface area contributed by atoms with Gasteiger partial charge in [-0.1, -0.05) is 36.4 Å². The van der Waals surface area contributed by atoms with Crippen molar-refractivity contribution in [2.75, 3.05) is 0 Å². The highest BCUT2D eigenvalue weighted by Gasteiger charge is 2.10. The van der Waals surface area contributed by atoms with E-state index in [1.807, 2.05) is 55.6 Å². The van der Waals surface area contributed by atoms with Crippen LogP contribution in [0.4, 0.5) is 0 Å². The average molecular weight is 331 g/mol. The van der Waals surface area contributed by atoms with Gasteiger partial charge in [-0.3, -0.25) is 14.8 Å². The number of aromatic nitrogens is 2. The van der Waals surface area contributed by atoms with E-state index in [0.717, 1.165) is 22.4 Å². The van der Waals surface area contributed by atoms with Crippen molar-refractivity contribution in [3.8, 4) is 11.1 Å². The summed E-state index contributed by atoms with van der Waals surface area (Å²) in [7, 11) is 0. The Balaban J connectivity index is 1.55. The minimum Gasteiger partial charge on any atom is -0.350 e. The van der Waals surface area contributed by atoms with E-state index < -0.39 is 0 Å². The molecule has 25 heavy (non-hydrogen) atoms. The molecule has 126 valence electrons. The maximum atomic E-state index is 12.1. The molecule has 2 heterocycles. The Kier molecular flexibility index (Phi) is 5.52. The molecule has 0 bridgehead atoms. The summed E-state index contributed by atoms with van der Waals surface area (Å²) in [6.07, 6.45) is 6.45. The van der Waals surface area contributed by atoms with Crippen molar-refractivity contribution in [1.29, 1.82) is 0 Å². The molecule has 1 unspecified atom stereocenters. The molecule has 0 radical (unpaired) electrons. The number of hydrogen-bond donors (Lipinski definition) is 1. The third-order valence-electron chi connectivity index (χ3n) is 4.12. The fourth-order valence-electron chi connectivity index (χ4n) is 2.68. The summed E-state index contributed by atoms with van der Waals surface area (Å²) in [5, 5.41) is 3.05. The van der Waals surface area contributed by atoms with Crippen molar-refractivity contribution in [2.24, 2.45) is 0 Å². The zero-order valence-electron chi connectivity index (χ0n) is 14.2. The molecule has 3 aromatic rings. The maximum absolute atomic E-state index is 12.1. The number of nitrogens with zero attached hydrogens (tertiary/aromatic N) is 2. The van der Waals surface area contributed by atoms with Gasteiger partial charge in [0, 0.05) is 30.7 Å². The van der Waals surface area contributed by atoms with E-state index >= 15 is 0 Å². The van der Waals surface area contributed by atoms with Gasteiger partial charge in [-0.2, -0.15) is 0 Å². The summed E-state index contributed by atoms with van der Waals surface area (Å²) in [5.74, 6) is 0.0366. The van der Waals surface area contributed by atoms with Crippen LogP contribution in [0.1, 0.15) is 30.6 Å². The first-order valence-electron chi connectivity index (χ1n) is 8.42. The monoisotopic (exact) mass is 331 g/mol. The van der Waals surface area contributed by atoms with Crippen molar-refractivity contribution >= 4 is 5.91 Å². The van der Waals surface area contributed by atoms with Crippen LogP contribution in [0, 0.1) is 0 Å². The Labute approximate surface area is 148 Å². The normalized spacial score (nSPS) is 11.7. The molecule has 4 heteroatoms. The highest BCUT2D eigenvalue weighted by atomic mass is 16.1. The van der Waals surface area contributed by atoms with E-state index in [2.05, 4.69) is 27.4 Å². The number of benzene rings is 1. The third kappa shape index (κ3) is 4.73. The van der Waals surface area contributed by atoms with Gasteiger partial charge in [0.05, 0.1) is 6.04 Å². The molecule has 0 aliphatic heterocycles. The first-order chi connectivity index (χ1) is 12.2. The van der Waals surface area contributed by atoms with Crippen LogP contribution in [0.2, 0.25) is 0 Å². The number of carbonyl (C=O) groups is 1. The molecule has 0 aliphatic rings. The topological polar surface area (TPSA) is 54.9 Å². The van der Waals surface area contributed by atoms with Gasteiger partial charge >= 0.3 is 0 Å². The Morgan fingerprint density at radius 2 is 1.84 bits per heavy atom. The molecule has 1 N–H and O–H groups in total. The molecule has 0 spiro atoms. The van der Waals surface area contributed by atoms with Crippen LogP contribution in [0.15, 0.2) is 73.2 Å². The first kappa shape index (κ1) is 16.8. The largest absolute Gasteiger partial charge is 0.350 e. The molecular weight excluding hydrogens is 310 g/mol. The highest BCUT2D eigenvalue weighted by Crippen LogP contribution is 2.21. The van der Waals surface area contributed by atoms with Gasteiger partial charge in [-0.05, 0) is 48.2 Å². The lowest BCUT2D eigenvalue weighted by Crippen LogP contribution is -2.26. The Hall–Kier alpha value is -3.01. The molecule has 0 saturated carbocycles. The quantitative estimate of drug-likeness (QED) is 0.744. The Bertz CT molecular complexity index is 802. The summed E-state index contributed by atoms with van der Waals surface area (Å²) < 4.78 is 0. The standard InChI is InChI=1S/C21H21N3O/c1-16(24-21(25)12-11-20-6-2-3-14-23-20)17-7-9-18(10-8-17)19-5-4-13-22-15-19/h2-10,13-16H,11-12H2,1H3,(H,24,25). The van der Waals surface area contributed by atoms with Gasteiger partial charge in [-0.25, -0.2) is 0 Å². The molecule has 1 aromatic carbocycles. The molecule has 0 saturated heterocycles. The molecule has 3 rings (SSSR count). The summed E-state index contributed by atoms with van der Waals surface area (Å²) in [6, 6.07) is 17.9. The second-order valence-electron chi connectivity index (χ2n) is 5.97. The smallest absolute Gasteiger partial charge is 0.220 e. The zero-order chi connectivity index (χ0) is 17.5. The van der Waals surface area contributed by atoms with Gasteiger partial charge in [0.2, 0.25) is 5.91 Å². The number of amides is 1. The molecule has 1 amide bonds. The van der Waals surface area contributed by atoms with Crippen molar-refractivity contribution in [3.63, 3.8) is 0 Å². The van der Waals surface area contributed by atoms with E-state index in [-0.39, 0.29) is 11.9 Å². The van der Waals surface area contributed by atoms with Crippen molar-refractivity contribution in [1.82, 2.24) is 15.3 Å². The molecule has 1 atom stereocenters. The average Bonchev–Trinajstić information content (AvgIpc) is 2.68. The highest BCUT2D eigenvalue weighted by molar-refractivity contribution is 5.76. The fraction of sp³-hybridized carbons (Fsp3) is 0.190. The van der Waals surface area contributed by atoms with Crippen LogP contribution in [0.3, 0.4) is 0 Å². The summed E-state index contributed by atoms with van der Waals surface area (Å²) in [5.41, 5.74) is 4.22. The minimum absolute atomic E-state index is 0.0285. The SMILES string of the molecule is CC(NC(=O)CCc1ccccn1)c1ccc(-c2cccnc2)cc1. The van der Waals surface area contributed by atoms with Gasteiger partial charge in [0.25, 0.3) is 0 Å². The number of hydrogen-bond acceptors (Lipinski definition) is 3. The van der Waals surface area contributed by atoms with E-state index in [4.69, 9.17) is 0 Å². The molecular formula is C21H21N3O. The number of rotatable bonds is 6. The lowest BCUT2D eigenvalue weighted by atomic mass is 10.0. The van der Waals surface area contributed by atoms with Crippen LogP contribution < -0.4 is 5.32 Å². The third-order valence-corrected chi connectivity index (χ3v) is 4.12. The number of carbonyl (C=O) groups excluding carboxylic acids is 1. The lowest BCUT2D eigenvalue weighted by Gasteiger charge is -2.15. The van der Waals surface area contributed by atoms with Crippen LogP contribution in [-0.2, 0) is 11.2 Å². The second kappa shape index (κ2) is 8.20. The van der Waals surface area contributed by atoms with Gasteiger partial charge < -0.3 is 5.32 Å². The first-order valence-corrected chi connectivity index (χ1v) is 8.42. The zero-order valence-corrected chi connectivity index (χ0v) is 14.2. The minimum atomic E-state index is -0.0285. The lowest BCUT2D eigenvalue weighted by molar-refractivity contribution is -0.121. The van der Waals surface area contributed by atoms with Crippen LogP contribution in [0.25, 0.3) is 11.1 Å². The van der Waals surface area contributed by atoms with Crippen LogP contribution in [-0.4, -0.2) is 15.9 Å². The van der Waals surface area contributed by atoms with Gasteiger partial charge in [0.1, 0.15) is 0 Å². The fourth-order valence-corrected chi connectivity index (χ4v) is 2.68. The Morgan fingerprint density at radius 3 is 2.52 bits per heavy atom.